The molecule has 3 aromatic rings. The fourth-order valence-electron chi connectivity index (χ4n) is 3.23. The quantitative estimate of drug-likeness (QED) is 0.740. The maximum Gasteiger partial charge on any atom is 0.261 e. The fraction of sp³-hybridized carbons (Fsp3) is 0.353. The highest BCUT2D eigenvalue weighted by Crippen LogP contribution is 2.35. The third-order valence-corrected chi connectivity index (χ3v) is 5.21. The second-order valence-corrected chi connectivity index (χ2v) is 7.23. The SMILES string of the molecule is Cc1c(-c2nc(C3(N)CCCC3)no2)cnn1-c1ccc(Br)cc1. The summed E-state index contributed by atoms with van der Waals surface area (Å²) in [5.41, 5.74) is 8.72. The number of nitrogens with zero attached hydrogens (tertiary/aromatic N) is 4. The average molecular weight is 388 g/mol. The van der Waals surface area contributed by atoms with E-state index in [1.807, 2.05) is 35.9 Å². The van der Waals surface area contributed by atoms with Gasteiger partial charge in [-0.05, 0) is 44.0 Å². The molecule has 2 N–H and O–H groups in total. The molecule has 1 saturated carbocycles. The predicted molar refractivity (Wildman–Crippen MR) is 93.6 cm³/mol. The van der Waals surface area contributed by atoms with Crippen LogP contribution in [0.1, 0.15) is 37.2 Å². The first kappa shape index (κ1) is 15.5. The first-order valence-corrected chi connectivity index (χ1v) is 8.80. The summed E-state index contributed by atoms with van der Waals surface area (Å²) in [6.45, 7) is 1.99. The van der Waals surface area contributed by atoms with Crippen LogP contribution in [0.25, 0.3) is 17.1 Å². The molecule has 1 aromatic carbocycles. The van der Waals surface area contributed by atoms with Crippen molar-refractivity contribution in [1.82, 2.24) is 19.9 Å². The standard InChI is InChI=1S/C17H18BrN5O/c1-11-14(10-20-23(11)13-6-4-12(18)5-7-13)15-21-16(22-24-15)17(19)8-2-3-9-17/h4-7,10H,2-3,8-9,19H2,1H3. The van der Waals surface area contributed by atoms with E-state index in [0.29, 0.717) is 11.7 Å². The number of hydrogen-bond acceptors (Lipinski definition) is 5. The molecule has 0 amide bonds. The Bertz CT molecular complexity index is 861. The molecule has 6 nitrogen and oxygen atoms in total. The maximum atomic E-state index is 6.41. The smallest absolute Gasteiger partial charge is 0.261 e. The summed E-state index contributed by atoms with van der Waals surface area (Å²) < 4.78 is 8.37. The molecule has 1 aliphatic rings. The zero-order valence-corrected chi connectivity index (χ0v) is 15.0. The van der Waals surface area contributed by atoms with Crippen LogP contribution >= 0.6 is 15.9 Å². The Morgan fingerprint density at radius 1 is 1.21 bits per heavy atom. The number of hydrogen-bond donors (Lipinski definition) is 1. The van der Waals surface area contributed by atoms with Crippen LogP contribution in [0.15, 0.2) is 39.5 Å². The van der Waals surface area contributed by atoms with Crippen LogP contribution in [-0.4, -0.2) is 19.9 Å². The average Bonchev–Trinajstić information content (AvgIpc) is 3.28. The van der Waals surface area contributed by atoms with Crippen molar-refractivity contribution in [2.45, 2.75) is 38.1 Å². The molecule has 4 rings (SSSR count). The lowest BCUT2D eigenvalue weighted by molar-refractivity contribution is 0.372. The lowest BCUT2D eigenvalue weighted by Gasteiger charge is -2.17. The van der Waals surface area contributed by atoms with Crippen molar-refractivity contribution < 1.29 is 4.52 Å². The molecule has 1 fully saturated rings. The van der Waals surface area contributed by atoms with Gasteiger partial charge in [-0.25, -0.2) is 4.68 Å². The number of aromatic nitrogens is 4. The Labute approximate surface area is 148 Å². The zero-order chi connectivity index (χ0) is 16.7. The molecule has 7 heteroatoms. The van der Waals surface area contributed by atoms with Gasteiger partial charge in [-0.15, -0.1) is 0 Å². The molecular formula is C17H18BrN5O. The highest BCUT2D eigenvalue weighted by atomic mass is 79.9. The molecule has 0 atom stereocenters. The highest BCUT2D eigenvalue weighted by molar-refractivity contribution is 9.10. The molecule has 0 bridgehead atoms. The van der Waals surface area contributed by atoms with Gasteiger partial charge in [-0.3, -0.25) is 0 Å². The predicted octanol–water partition coefficient (Wildman–Crippen LogP) is 3.72. The summed E-state index contributed by atoms with van der Waals surface area (Å²) in [4.78, 5) is 4.55. The minimum absolute atomic E-state index is 0.447. The van der Waals surface area contributed by atoms with Crippen LogP contribution in [-0.2, 0) is 5.54 Å². The second kappa shape index (κ2) is 5.82. The summed E-state index contributed by atoms with van der Waals surface area (Å²) in [7, 11) is 0. The van der Waals surface area contributed by atoms with E-state index in [9.17, 15) is 0 Å². The maximum absolute atomic E-state index is 6.41. The van der Waals surface area contributed by atoms with E-state index < -0.39 is 5.54 Å². The van der Waals surface area contributed by atoms with Crippen LogP contribution in [0.3, 0.4) is 0 Å². The van der Waals surface area contributed by atoms with E-state index >= 15 is 0 Å². The van der Waals surface area contributed by atoms with E-state index in [2.05, 4.69) is 31.2 Å². The molecule has 0 spiro atoms. The van der Waals surface area contributed by atoms with E-state index in [4.69, 9.17) is 10.3 Å². The summed E-state index contributed by atoms with van der Waals surface area (Å²) >= 11 is 3.44. The molecular weight excluding hydrogens is 370 g/mol. The van der Waals surface area contributed by atoms with Crippen LogP contribution in [0.5, 0.6) is 0 Å². The van der Waals surface area contributed by atoms with Crippen molar-refractivity contribution in [1.29, 1.82) is 0 Å². The van der Waals surface area contributed by atoms with Gasteiger partial charge in [0.1, 0.15) is 0 Å². The molecule has 0 saturated heterocycles. The van der Waals surface area contributed by atoms with Gasteiger partial charge in [-0.1, -0.05) is 33.9 Å². The third-order valence-electron chi connectivity index (χ3n) is 4.68. The van der Waals surface area contributed by atoms with Gasteiger partial charge in [0.2, 0.25) is 0 Å². The third kappa shape index (κ3) is 2.57. The summed E-state index contributed by atoms with van der Waals surface area (Å²) in [6, 6.07) is 7.97. The highest BCUT2D eigenvalue weighted by Gasteiger charge is 2.36. The van der Waals surface area contributed by atoms with Gasteiger partial charge >= 0.3 is 0 Å². The Morgan fingerprint density at radius 3 is 2.62 bits per heavy atom. The van der Waals surface area contributed by atoms with Crippen molar-refractivity contribution in [2.75, 3.05) is 0 Å². The normalized spacial score (nSPS) is 16.6. The van der Waals surface area contributed by atoms with E-state index in [1.165, 1.54) is 0 Å². The van der Waals surface area contributed by atoms with Gasteiger partial charge in [0.05, 0.1) is 28.7 Å². The van der Waals surface area contributed by atoms with Crippen molar-refractivity contribution in [2.24, 2.45) is 5.73 Å². The summed E-state index contributed by atoms with van der Waals surface area (Å²) in [6.07, 6.45) is 5.79. The number of rotatable bonds is 3. The minimum Gasteiger partial charge on any atom is -0.334 e. The summed E-state index contributed by atoms with van der Waals surface area (Å²) in [5.74, 6) is 1.08. The van der Waals surface area contributed by atoms with E-state index in [-0.39, 0.29) is 0 Å². The monoisotopic (exact) mass is 387 g/mol. The molecule has 2 aromatic heterocycles. The molecule has 0 aliphatic heterocycles. The van der Waals surface area contributed by atoms with Crippen LogP contribution in [0, 0.1) is 6.92 Å². The number of halogens is 1. The number of benzene rings is 1. The lowest BCUT2D eigenvalue weighted by atomic mass is 9.99. The Hall–Kier alpha value is -1.99. The fourth-order valence-corrected chi connectivity index (χ4v) is 3.49. The van der Waals surface area contributed by atoms with Crippen molar-refractivity contribution in [3.63, 3.8) is 0 Å². The van der Waals surface area contributed by atoms with Crippen LogP contribution < -0.4 is 5.73 Å². The van der Waals surface area contributed by atoms with Crippen LogP contribution in [0.4, 0.5) is 0 Å². The molecule has 0 unspecified atom stereocenters. The lowest BCUT2D eigenvalue weighted by Crippen LogP contribution is -2.34. The van der Waals surface area contributed by atoms with Gasteiger partial charge < -0.3 is 10.3 Å². The van der Waals surface area contributed by atoms with Crippen molar-refractivity contribution >= 4 is 15.9 Å². The topological polar surface area (TPSA) is 82.8 Å². The second-order valence-electron chi connectivity index (χ2n) is 6.32. The summed E-state index contributed by atoms with van der Waals surface area (Å²) in [5, 5.41) is 8.59. The first-order chi connectivity index (χ1) is 11.6. The van der Waals surface area contributed by atoms with Crippen molar-refractivity contribution in [3.05, 3.63) is 46.5 Å². The Morgan fingerprint density at radius 2 is 1.92 bits per heavy atom. The molecule has 2 heterocycles. The van der Waals surface area contributed by atoms with Gasteiger partial charge in [0.25, 0.3) is 5.89 Å². The van der Waals surface area contributed by atoms with Crippen molar-refractivity contribution in [3.8, 4) is 17.1 Å². The minimum atomic E-state index is -0.447. The molecule has 24 heavy (non-hydrogen) atoms. The number of nitrogens with two attached hydrogens (primary N) is 1. The molecule has 1 aliphatic carbocycles. The van der Waals surface area contributed by atoms with E-state index in [0.717, 1.165) is 47.1 Å². The van der Waals surface area contributed by atoms with Gasteiger partial charge in [-0.2, -0.15) is 10.1 Å². The van der Waals surface area contributed by atoms with Gasteiger partial charge in [0.15, 0.2) is 5.82 Å². The Balaban J connectivity index is 1.68. The Kier molecular flexibility index (Phi) is 3.77. The largest absolute Gasteiger partial charge is 0.334 e. The van der Waals surface area contributed by atoms with Gasteiger partial charge in [0, 0.05) is 4.47 Å². The molecule has 124 valence electrons. The zero-order valence-electron chi connectivity index (χ0n) is 13.4. The molecule has 0 radical (unpaired) electrons. The van der Waals surface area contributed by atoms with E-state index in [1.54, 1.807) is 6.20 Å². The first-order valence-electron chi connectivity index (χ1n) is 8.01. The van der Waals surface area contributed by atoms with Crippen LogP contribution in [0.2, 0.25) is 0 Å².